The van der Waals surface area contributed by atoms with Gasteiger partial charge in [-0.05, 0) is 5.56 Å². The van der Waals surface area contributed by atoms with Crippen molar-refractivity contribution in [3.63, 3.8) is 0 Å². The lowest BCUT2D eigenvalue weighted by Gasteiger charge is -2.05. The largest absolute Gasteiger partial charge is 0.467 e. The van der Waals surface area contributed by atoms with Gasteiger partial charge in [0.25, 0.3) is 0 Å². The van der Waals surface area contributed by atoms with E-state index in [2.05, 4.69) is 4.72 Å². The van der Waals surface area contributed by atoms with E-state index < -0.39 is 23.6 Å². The molecule has 1 aromatic carbocycles. The third kappa shape index (κ3) is 4.94. The van der Waals surface area contributed by atoms with Gasteiger partial charge in [0.1, 0.15) is 0 Å². The molecular weight excluding hydrogens is 217 g/mol. The predicted molar refractivity (Wildman–Crippen MR) is 57.3 cm³/mol. The molecule has 0 aliphatic carbocycles. The highest BCUT2D eigenvalue weighted by molar-refractivity contribution is 7.88. The van der Waals surface area contributed by atoms with E-state index in [0.717, 1.165) is 0 Å². The molecule has 0 unspecified atom stereocenters. The molecule has 5 nitrogen and oxygen atoms in total. The Labute approximate surface area is 89.0 Å². The molecule has 0 aliphatic heterocycles. The van der Waals surface area contributed by atoms with Crippen molar-refractivity contribution in [1.82, 2.24) is 4.72 Å². The smallest absolute Gasteiger partial charge is 0.426 e. The van der Waals surface area contributed by atoms with Gasteiger partial charge in [0, 0.05) is 6.44 Å². The van der Waals surface area contributed by atoms with E-state index >= 15 is 0 Å². The standard InChI is InChI=1S/C8H12BNO4S/c11-9(12)7-10-15(13,14)6-8-4-2-1-3-5-8/h1-5,10-12H,6-7H2. The molecule has 0 spiro atoms. The quantitative estimate of drug-likeness (QED) is 0.572. The SMILES string of the molecule is O=S(=O)(Cc1ccccc1)NCB(O)O. The molecule has 7 heteroatoms. The Kier molecular flexibility index (Phi) is 4.28. The van der Waals surface area contributed by atoms with Gasteiger partial charge in [-0.25, -0.2) is 13.1 Å². The average molecular weight is 229 g/mol. The van der Waals surface area contributed by atoms with Crippen LogP contribution in [0.4, 0.5) is 0 Å². The van der Waals surface area contributed by atoms with Gasteiger partial charge in [0.05, 0.1) is 5.75 Å². The van der Waals surface area contributed by atoms with Gasteiger partial charge in [-0.3, -0.25) is 0 Å². The molecule has 0 amide bonds. The first-order chi connectivity index (χ1) is 6.99. The normalized spacial score (nSPS) is 11.3. The monoisotopic (exact) mass is 229 g/mol. The number of hydrogen-bond acceptors (Lipinski definition) is 4. The van der Waals surface area contributed by atoms with E-state index in [1.54, 1.807) is 30.3 Å². The Morgan fingerprint density at radius 1 is 1.20 bits per heavy atom. The molecule has 0 heterocycles. The first-order valence-electron chi connectivity index (χ1n) is 4.37. The van der Waals surface area contributed by atoms with Crippen molar-refractivity contribution in [1.29, 1.82) is 0 Å². The highest BCUT2D eigenvalue weighted by Gasteiger charge is 2.15. The van der Waals surface area contributed by atoms with Gasteiger partial charge < -0.3 is 10.0 Å². The number of sulfonamides is 1. The van der Waals surface area contributed by atoms with Crippen LogP contribution < -0.4 is 4.72 Å². The van der Waals surface area contributed by atoms with Gasteiger partial charge in [-0.15, -0.1) is 0 Å². The molecular formula is C8H12BNO4S. The van der Waals surface area contributed by atoms with Crippen LogP contribution in [0.1, 0.15) is 5.56 Å². The fourth-order valence-corrected chi connectivity index (χ4v) is 2.18. The van der Waals surface area contributed by atoms with Crippen molar-refractivity contribution in [3.8, 4) is 0 Å². The Morgan fingerprint density at radius 3 is 2.33 bits per heavy atom. The molecule has 0 fully saturated rings. The van der Waals surface area contributed by atoms with E-state index in [0.29, 0.717) is 5.56 Å². The van der Waals surface area contributed by atoms with Crippen LogP contribution in [0, 0.1) is 0 Å². The van der Waals surface area contributed by atoms with E-state index in [-0.39, 0.29) is 5.75 Å². The zero-order valence-corrected chi connectivity index (χ0v) is 8.81. The predicted octanol–water partition coefficient (Wildman–Crippen LogP) is -0.882. The minimum Gasteiger partial charge on any atom is -0.426 e. The van der Waals surface area contributed by atoms with Crippen LogP contribution in [-0.4, -0.2) is 32.0 Å². The van der Waals surface area contributed by atoms with Crippen LogP contribution in [0.15, 0.2) is 30.3 Å². The van der Waals surface area contributed by atoms with E-state index in [1.165, 1.54) is 0 Å². The van der Waals surface area contributed by atoms with Crippen LogP contribution in [-0.2, 0) is 15.8 Å². The van der Waals surface area contributed by atoms with Crippen molar-refractivity contribution in [2.45, 2.75) is 5.75 Å². The van der Waals surface area contributed by atoms with Crippen LogP contribution >= 0.6 is 0 Å². The maximum atomic E-state index is 11.4. The van der Waals surface area contributed by atoms with E-state index in [1.807, 2.05) is 0 Å². The molecule has 1 rings (SSSR count). The molecule has 0 bridgehead atoms. The van der Waals surface area contributed by atoms with Crippen LogP contribution in [0.2, 0.25) is 0 Å². The summed E-state index contributed by atoms with van der Waals surface area (Å²) in [7, 11) is -5.17. The van der Waals surface area contributed by atoms with E-state index in [4.69, 9.17) is 10.0 Å². The highest BCUT2D eigenvalue weighted by Crippen LogP contribution is 2.03. The summed E-state index contributed by atoms with van der Waals surface area (Å²) < 4.78 is 24.8. The van der Waals surface area contributed by atoms with Gasteiger partial charge in [-0.2, -0.15) is 0 Å². The van der Waals surface area contributed by atoms with Crippen LogP contribution in [0.5, 0.6) is 0 Å². The van der Waals surface area contributed by atoms with Crippen LogP contribution in [0.3, 0.4) is 0 Å². The second-order valence-corrected chi connectivity index (χ2v) is 4.88. The fourth-order valence-electron chi connectivity index (χ4n) is 1.05. The fraction of sp³-hybridized carbons (Fsp3) is 0.250. The lowest BCUT2D eigenvalue weighted by molar-refractivity contribution is 0.404. The summed E-state index contributed by atoms with van der Waals surface area (Å²) in [5, 5.41) is 17.0. The van der Waals surface area contributed by atoms with Crippen molar-refractivity contribution in [2.75, 3.05) is 6.44 Å². The van der Waals surface area contributed by atoms with Crippen molar-refractivity contribution in [3.05, 3.63) is 35.9 Å². The third-order valence-electron chi connectivity index (χ3n) is 1.69. The summed E-state index contributed by atoms with van der Waals surface area (Å²) in [5.74, 6) is -0.166. The Hall–Kier alpha value is -0.885. The second kappa shape index (κ2) is 5.27. The van der Waals surface area contributed by atoms with Gasteiger partial charge >= 0.3 is 7.12 Å². The summed E-state index contributed by atoms with van der Waals surface area (Å²) in [6.07, 6.45) is -0.394. The summed E-state index contributed by atoms with van der Waals surface area (Å²) in [4.78, 5) is 0. The number of rotatable bonds is 5. The molecule has 3 N–H and O–H groups in total. The molecule has 0 aromatic heterocycles. The topological polar surface area (TPSA) is 86.6 Å². The van der Waals surface area contributed by atoms with Crippen molar-refractivity contribution >= 4 is 17.1 Å². The Balaban J connectivity index is 2.57. The number of nitrogens with one attached hydrogen (secondary N) is 1. The molecule has 82 valence electrons. The van der Waals surface area contributed by atoms with Gasteiger partial charge in [-0.1, -0.05) is 30.3 Å². The summed E-state index contributed by atoms with van der Waals surface area (Å²) in [5.41, 5.74) is 0.650. The third-order valence-corrected chi connectivity index (χ3v) is 3.01. The molecule has 0 atom stereocenters. The maximum Gasteiger partial charge on any atom is 0.467 e. The molecule has 15 heavy (non-hydrogen) atoms. The average Bonchev–Trinajstić information content (AvgIpc) is 2.16. The Bertz CT molecular complexity index is 392. The summed E-state index contributed by atoms with van der Waals surface area (Å²) in [6.45, 7) is 0. The maximum absolute atomic E-state index is 11.4. The minimum atomic E-state index is -3.50. The van der Waals surface area contributed by atoms with Gasteiger partial charge in [0.15, 0.2) is 0 Å². The second-order valence-electron chi connectivity index (χ2n) is 3.07. The number of hydrogen-bond donors (Lipinski definition) is 3. The van der Waals surface area contributed by atoms with E-state index in [9.17, 15) is 8.42 Å². The first-order valence-corrected chi connectivity index (χ1v) is 6.02. The first kappa shape index (κ1) is 12.2. The van der Waals surface area contributed by atoms with Crippen molar-refractivity contribution in [2.24, 2.45) is 0 Å². The summed E-state index contributed by atoms with van der Waals surface area (Å²) >= 11 is 0. The molecule has 1 aromatic rings. The summed E-state index contributed by atoms with van der Waals surface area (Å²) in [6, 6.07) is 8.65. The lowest BCUT2D eigenvalue weighted by atomic mass is 9.94. The highest BCUT2D eigenvalue weighted by atomic mass is 32.2. The molecule has 0 aliphatic rings. The minimum absolute atomic E-state index is 0.166. The zero-order valence-electron chi connectivity index (χ0n) is 8.00. The Morgan fingerprint density at radius 2 is 1.80 bits per heavy atom. The number of benzene rings is 1. The van der Waals surface area contributed by atoms with Crippen LogP contribution in [0.25, 0.3) is 0 Å². The molecule has 0 radical (unpaired) electrons. The lowest BCUT2D eigenvalue weighted by Crippen LogP contribution is -2.35. The van der Waals surface area contributed by atoms with Gasteiger partial charge in [0.2, 0.25) is 10.0 Å². The zero-order chi connectivity index (χ0) is 11.3. The van der Waals surface area contributed by atoms with Crippen molar-refractivity contribution < 1.29 is 18.5 Å². The molecule has 0 saturated heterocycles. The molecule has 0 saturated carbocycles.